The van der Waals surface area contributed by atoms with Crippen LogP contribution in [0, 0.1) is 56.7 Å². The van der Waals surface area contributed by atoms with E-state index < -0.39 is 11.4 Å². The summed E-state index contributed by atoms with van der Waals surface area (Å²) in [7, 11) is 0. The molecule has 4 heteroatoms. The van der Waals surface area contributed by atoms with Crippen LogP contribution in [0.1, 0.15) is 106 Å². The first kappa shape index (κ1) is 23.8. The summed E-state index contributed by atoms with van der Waals surface area (Å²) < 4.78 is 0. The van der Waals surface area contributed by atoms with Crippen LogP contribution in [0.4, 0.5) is 0 Å². The summed E-state index contributed by atoms with van der Waals surface area (Å²) in [6, 6.07) is 0. The van der Waals surface area contributed by atoms with Gasteiger partial charge < -0.3 is 10.2 Å². The molecule has 0 aromatic rings. The van der Waals surface area contributed by atoms with Crippen molar-refractivity contribution in [2.24, 2.45) is 56.7 Å². The lowest BCUT2D eigenvalue weighted by Crippen LogP contribution is -2.67. The van der Waals surface area contributed by atoms with Crippen LogP contribution in [0.3, 0.4) is 0 Å². The van der Waals surface area contributed by atoms with Crippen molar-refractivity contribution in [2.45, 2.75) is 112 Å². The highest BCUT2D eigenvalue weighted by molar-refractivity contribution is 5.83. The Morgan fingerprint density at radius 3 is 2.09 bits per heavy atom. The van der Waals surface area contributed by atoms with E-state index in [9.17, 15) is 19.8 Å². The van der Waals surface area contributed by atoms with Gasteiger partial charge >= 0.3 is 5.97 Å². The number of carbonyl (C=O) groups excluding carboxylic acids is 1. The van der Waals surface area contributed by atoms with Gasteiger partial charge in [-0.25, -0.2) is 0 Å². The summed E-state index contributed by atoms with van der Waals surface area (Å²) in [6.07, 6.45) is 9.44. The van der Waals surface area contributed by atoms with E-state index in [4.69, 9.17) is 0 Å². The van der Waals surface area contributed by atoms with Crippen LogP contribution in [0.2, 0.25) is 0 Å². The number of carboxylic acids is 1. The highest BCUT2D eigenvalue weighted by atomic mass is 16.4. The number of hydrogen-bond acceptors (Lipinski definition) is 3. The Bertz CT molecular complexity index is 864. The van der Waals surface area contributed by atoms with Crippen LogP contribution in [0.25, 0.3) is 0 Å². The summed E-state index contributed by atoms with van der Waals surface area (Å²) in [5, 5.41) is 21.3. The predicted octanol–water partition coefficient (Wildman–Crippen LogP) is 6.10. The maximum absolute atomic E-state index is 12.7. The molecule has 5 rings (SSSR count). The molecule has 4 nitrogen and oxygen atoms in total. The lowest BCUT2D eigenvalue weighted by molar-refractivity contribution is -0.248. The van der Waals surface area contributed by atoms with Crippen LogP contribution >= 0.6 is 0 Å². The van der Waals surface area contributed by atoms with Crippen molar-refractivity contribution in [1.82, 2.24) is 0 Å². The fourth-order valence-electron chi connectivity index (χ4n) is 11.4. The number of aliphatic carboxylic acids is 1. The highest BCUT2D eigenvalue weighted by Crippen LogP contribution is 2.77. The summed E-state index contributed by atoms with van der Waals surface area (Å²) in [6.45, 7) is 13.8. The topological polar surface area (TPSA) is 74.6 Å². The lowest BCUT2D eigenvalue weighted by atomic mass is 9.32. The van der Waals surface area contributed by atoms with E-state index >= 15 is 0 Å². The predicted molar refractivity (Wildman–Crippen MR) is 128 cm³/mol. The van der Waals surface area contributed by atoms with Crippen molar-refractivity contribution in [3.05, 3.63) is 0 Å². The maximum Gasteiger partial charge on any atom is 0.309 e. The van der Waals surface area contributed by atoms with Crippen LogP contribution in [-0.4, -0.2) is 28.1 Å². The molecule has 5 fully saturated rings. The Morgan fingerprint density at radius 1 is 0.758 bits per heavy atom. The van der Waals surface area contributed by atoms with Gasteiger partial charge in [-0.2, -0.15) is 0 Å². The van der Waals surface area contributed by atoms with E-state index in [2.05, 4.69) is 34.6 Å². The molecular weight excluding hydrogens is 412 g/mol. The molecule has 186 valence electrons. The molecule has 0 unspecified atom stereocenters. The van der Waals surface area contributed by atoms with E-state index in [1.807, 2.05) is 0 Å². The molecule has 33 heavy (non-hydrogen) atoms. The smallest absolute Gasteiger partial charge is 0.309 e. The van der Waals surface area contributed by atoms with Crippen molar-refractivity contribution < 1.29 is 19.8 Å². The molecule has 0 spiro atoms. The lowest BCUT2D eigenvalue weighted by Gasteiger charge is -2.72. The molecule has 0 saturated heterocycles. The Labute approximate surface area is 200 Å². The standard InChI is InChI=1S/C29H46O4/c1-17(30)18-9-14-29(24(32)33)16-15-27(5)19(23(18)29)7-8-21-26(4)12-11-22(31)25(2,3)20(26)10-13-28(21,27)6/h18-23,31H,7-16H2,1-6H3,(H,32,33)/t18-,19+,20-,21-,22-,23-,26-,27+,28+,29-/m0/s1. The molecule has 0 radical (unpaired) electrons. The molecule has 0 bridgehead atoms. The van der Waals surface area contributed by atoms with Crippen molar-refractivity contribution in [2.75, 3.05) is 0 Å². The minimum Gasteiger partial charge on any atom is -0.481 e. The van der Waals surface area contributed by atoms with Crippen molar-refractivity contribution in [1.29, 1.82) is 0 Å². The molecule has 5 saturated carbocycles. The van der Waals surface area contributed by atoms with Gasteiger partial charge in [0.05, 0.1) is 11.5 Å². The molecule has 0 aromatic heterocycles. The average molecular weight is 459 g/mol. The van der Waals surface area contributed by atoms with E-state index in [-0.39, 0.29) is 45.4 Å². The van der Waals surface area contributed by atoms with Gasteiger partial charge in [0.2, 0.25) is 0 Å². The Morgan fingerprint density at radius 2 is 1.45 bits per heavy atom. The second kappa shape index (κ2) is 7.08. The van der Waals surface area contributed by atoms with Gasteiger partial charge in [0.1, 0.15) is 5.78 Å². The van der Waals surface area contributed by atoms with Crippen LogP contribution in [0.5, 0.6) is 0 Å². The molecule has 5 aliphatic rings. The number of ketones is 1. The first-order valence-electron chi connectivity index (χ1n) is 13.7. The number of hydrogen-bond donors (Lipinski definition) is 2. The number of Topliss-reactive ketones (excluding diaryl/α,β-unsaturated/α-hetero) is 1. The minimum absolute atomic E-state index is 0.000765. The quantitative estimate of drug-likeness (QED) is 0.524. The summed E-state index contributed by atoms with van der Waals surface area (Å²) in [5.41, 5.74) is -0.287. The molecule has 5 aliphatic carbocycles. The molecule has 0 aliphatic heterocycles. The zero-order valence-corrected chi connectivity index (χ0v) is 21.7. The Kier molecular flexibility index (Phi) is 5.11. The second-order valence-electron chi connectivity index (χ2n) is 14.3. The van der Waals surface area contributed by atoms with Crippen molar-refractivity contribution >= 4 is 11.8 Å². The third-order valence-electron chi connectivity index (χ3n) is 13.4. The van der Waals surface area contributed by atoms with Gasteiger partial charge in [-0.15, -0.1) is 0 Å². The van der Waals surface area contributed by atoms with E-state index in [1.54, 1.807) is 6.92 Å². The molecular formula is C29H46O4. The van der Waals surface area contributed by atoms with E-state index in [0.717, 1.165) is 51.4 Å². The van der Waals surface area contributed by atoms with Gasteiger partial charge in [0.15, 0.2) is 0 Å². The zero-order chi connectivity index (χ0) is 24.2. The molecule has 2 N–H and O–H groups in total. The molecule has 0 heterocycles. The van der Waals surface area contributed by atoms with Gasteiger partial charge in [-0.05, 0) is 116 Å². The fraction of sp³-hybridized carbons (Fsp3) is 0.931. The molecule has 10 atom stereocenters. The van der Waals surface area contributed by atoms with Crippen LogP contribution in [0.15, 0.2) is 0 Å². The fourth-order valence-corrected chi connectivity index (χ4v) is 11.4. The van der Waals surface area contributed by atoms with Crippen molar-refractivity contribution in [3.8, 4) is 0 Å². The average Bonchev–Trinajstić information content (AvgIpc) is 3.13. The van der Waals surface area contributed by atoms with E-state index in [1.165, 1.54) is 6.42 Å². The monoisotopic (exact) mass is 458 g/mol. The normalized spacial score (nSPS) is 55.0. The third-order valence-corrected chi connectivity index (χ3v) is 13.4. The number of carbonyl (C=O) groups is 2. The maximum atomic E-state index is 12.7. The van der Waals surface area contributed by atoms with Gasteiger partial charge in [-0.3, -0.25) is 9.59 Å². The number of carboxylic acid groups (broad SMARTS) is 1. The Hall–Kier alpha value is -0.900. The Balaban J connectivity index is 1.57. The van der Waals surface area contributed by atoms with Crippen molar-refractivity contribution in [3.63, 3.8) is 0 Å². The number of aliphatic hydroxyl groups is 1. The SMILES string of the molecule is CC(=O)[C@@H]1CC[C@]2(C(=O)O)CC[C@]3(C)[C@H](CC[C@H]4[C@@]5(C)CC[C@H](O)C(C)(C)[C@@H]5CC[C@]43C)[C@H]12. The highest BCUT2D eigenvalue weighted by Gasteiger charge is 2.72. The van der Waals surface area contributed by atoms with E-state index in [0.29, 0.717) is 24.2 Å². The minimum atomic E-state index is -0.693. The van der Waals surface area contributed by atoms with Crippen LogP contribution < -0.4 is 0 Å². The largest absolute Gasteiger partial charge is 0.481 e. The molecule has 0 aromatic carbocycles. The number of fused-ring (bicyclic) bond motifs is 7. The zero-order valence-electron chi connectivity index (χ0n) is 21.7. The molecule has 0 amide bonds. The second-order valence-corrected chi connectivity index (χ2v) is 14.3. The van der Waals surface area contributed by atoms with Crippen LogP contribution in [-0.2, 0) is 9.59 Å². The first-order chi connectivity index (χ1) is 15.3. The number of aliphatic hydroxyl groups excluding tert-OH is 1. The third kappa shape index (κ3) is 2.74. The van der Waals surface area contributed by atoms with Gasteiger partial charge in [0, 0.05) is 5.92 Å². The number of rotatable bonds is 2. The summed E-state index contributed by atoms with van der Waals surface area (Å²) >= 11 is 0. The summed E-state index contributed by atoms with van der Waals surface area (Å²) in [5.74, 6) is 0.932. The van der Waals surface area contributed by atoms with Gasteiger partial charge in [-0.1, -0.05) is 34.6 Å². The van der Waals surface area contributed by atoms with Gasteiger partial charge in [0.25, 0.3) is 0 Å². The first-order valence-corrected chi connectivity index (χ1v) is 13.7. The summed E-state index contributed by atoms with van der Waals surface area (Å²) in [4.78, 5) is 25.4.